The predicted molar refractivity (Wildman–Crippen MR) is 51.5 cm³/mol. The molecule has 0 aromatic carbocycles. The zero-order chi connectivity index (χ0) is 8.69. The first-order valence-electron chi connectivity index (χ1n) is 4.25. The second kappa shape index (κ2) is 6.02. The average molecular weight is 153 g/mol. The lowest BCUT2D eigenvalue weighted by Gasteiger charge is -2.01. The Bertz CT molecular complexity index is 143. The van der Waals surface area contributed by atoms with Crippen molar-refractivity contribution < 1.29 is 0 Å². The molecule has 1 heteroatoms. The van der Waals surface area contributed by atoms with Gasteiger partial charge in [-0.05, 0) is 39.5 Å². The standard InChI is InChI=1S/C10H19N/c1-5-10(4)7-6-8-11-9(2)3/h6-9,11H,5H2,1-4H3/b8-6-,10-7+. The summed E-state index contributed by atoms with van der Waals surface area (Å²) in [6, 6.07) is 0.529. The number of hydrogen-bond donors (Lipinski definition) is 1. The zero-order valence-corrected chi connectivity index (χ0v) is 8.02. The Morgan fingerprint density at radius 2 is 2.09 bits per heavy atom. The van der Waals surface area contributed by atoms with Crippen molar-refractivity contribution in [3.05, 3.63) is 23.9 Å². The van der Waals surface area contributed by atoms with E-state index in [1.807, 2.05) is 6.20 Å². The van der Waals surface area contributed by atoms with E-state index in [1.54, 1.807) is 0 Å². The first-order chi connectivity index (χ1) is 5.16. The molecule has 0 spiro atoms. The largest absolute Gasteiger partial charge is 0.389 e. The molecule has 0 aliphatic carbocycles. The molecule has 0 radical (unpaired) electrons. The predicted octanol–water partition coefficient (Wildman–Crippen LogP) is 2.85. The third-order valence-electron chi connectivity index (χ3n) is 1.46. The Kier molecular flexibility index (Phi) is 5.63. The van der Waals surface area contributed by atoms with Gasteiger partial charge < -0.3 is 5.32 Å². The van der Waals surface area contributed by atoms with E-state index in [0.717, 1.165) is 6.42 Å². The van der Waals surface area contributed by atoms with Crippen LogP contribution in [-0.2, 0) is 0 Å². The van der Waals surface area contributed by atoms with Crippen LogP contribution in [-0.4, -0.2) is 6.04 Å². The van der Waals surface area contributed by atoms with Crippen LogP contribution >= 0.6 is 0 Å². The van der Waals surface area contributed by atoms with Gasteiger partial charge in [0.25, 0.3) is 0 Å². The van der Waals surface area contributed by atoms with Gasteiger partial charge in [0.15, 0.2) is 0 Å². The molecule has 0 bridgehead atoms. The maximum Gasteiger partial charge on any atom is 0.0199 e. The summed E-state index contributed by atoms with van der Waals surface area (Å²) in [5.74, 6) is 0. The monoisotopic (exact) mass is 153 g/mol. The van der Waals surface area contributed by atoms with Crippen molar-refractivity contribution in [2.45, 2.75) is 40.2 Å². The molecule has 0 saturated heterocycles. The van der Waals surface area contributed by atoms with Crippen molar-refractivity contribution >= 4 is 0 Å². The fourth-order valence-corrected chi connectivity index (χ4v) is 0.578. The molecule has 0 aromatic rings. The fraction of sp³-hybridized carbons (Fsp3) is 0.600. The Morgan fingerprint density at radius 1 is 1.45 bits per heavy atom. The lowest BCUT2D eigenvalue weighted by Crippen LogP contribution is -2.14. The van der Waals surface area contributed by atoms with Crippen LogP contribution in [0.1, 0.15) is 34.1 Å². The van der Waals surface area contributed by atoms with Crippen LogP contribution in [0.3, 0.4) is 0 Å². The van der Waals surface area contributed by atoms with E-state index in [-0.39, 0.29) is 0 Å². The lowest BCUT2D eigenvalue weighted by molar-refractivity contribution is 0.702. The summed E-state index contributed by atoms with van der Waals surface area (Å²) in [5, 5.41) is 3.20. The van der Waals surface area contributed by atoms with E-state index < -0.39 is 0 Å². The van der Waals surface area contributed by atoms with Gasteiger partial charge in [0, 0.05) is 6.04 Å². The Balaban J connectivity index is 3.59. The molecule has 0 aliphatic heterocycles. The summed E-state index contributed by atoms with van der Waals surface area (Å²) in [5.41, 5.74) is 1.41. The van der Waals surface area contributed by atoms with Gasteiger partial charge in [0.1, 0.15) is 0 Å². The molecule has 0 saturated carbocycles. The summed E-state index contributed by atoms with van der Waals surface area (Å²) in [4.78, 5) is 0. The third-order valence-corrected chi connectivity index (χ3v) is 1.46. The van der Waals surface area contributed by atoms with Crippen LogP contribution in [0.2, 0.25) is 0 Å². The lowest BCUT2D eigenvalue weighted by atomic mass is 10.2. The second-order valence-electron chi connectivity index (χ2n) is 3.05. The van der Waals surface area contributed by atoms with E-state index in [9.17, 15) is 0 Å². The molecule has 0 aromatic heterocycles. The van der Waals surface area contributed by atoms with Gasteiger partial charge in [-0.3, -0.25) is 0 Å². The molecule has 11 heavy (non-hydrogen) atoms. The van der Waals surface area contributed by atoms with Gasteiger partial charge in [0.05, 0.1) is 0 Å². The van der Waals surface area contributed by atoms with Crippen molar-refractivity contribution in [3.8, 4) is 0 Å². The minimum absolute atomic E-state index is 0.529. The highest BCUT2D eigenvalue weighted by atomic mass is 14.9. The van der Waals surface area contributed by atoms with Gasteiger partial charge in [0.2, 0.25) is 0 Å². The Labute approximate surface area is 70.2 Å². The van der Waals surface area contributed by atoms with Gasteiger partial charge in [-0.25, -0.2) is 0 Å². The van der Waals surface area contributed by atoms with Crippen LogP contribution in [0.4, 0.5) is 0 Å². The fourth-order valence-electron chi connectivity index (χ4n) is 0.578. The average Bonchev–Trinajstić information content (AvgIpc) is 1.97. The summed E-state index contributed by atoms with van der Waals surface area (Å²) in [7, 11) is 0. The van der Waals surface area contributed by atoms with Crippen LogP contribution in [0.15, 0.2) is 23.9 Å². The Morgan fingerprint density at radius 3 is 2.55 bits per heavy atom. The van der Waals surface area contributed by atoms with Crippen LogP contribution in [0, 0.1) is 0 Å². The number of nitrogens with one attached hydrogen (secondary N) is 1. The first kappa shape index (κ1) is 10.3. The van der Waals surface area contributed by atoms with Crippen molar-refractivity contribution in [1.29, 1.82) is 0 Å². The third kappa shape index (κ3) is 7.17. The minimum Gasteiger partial charge on any atom is -0.389 e. The molecule has 0 amide bonds. The first-order valence-corrected chi connectivity index (χ1v) is 4.25. The van der Waals surface area contributed by atoms with Crippen molar-refractivity contribution in [2.24, 2.45) is 0 Å². The Hall–Kier alpha value is -0.720. The SMILES string of the molecule is CC/C(C)=C/C=C\NC(C)C. The maximum atomic E-state index is 3.20. The van der Waals surface area contributed by atoms with E-state index in [0.29, 0.717) is 6.04 Å². The van der Waals surface area contributed by atoms with Gasteiger partial charge in [-0.2, -0.15) is 0 Å². The summed E-state index contributed by atoms with van der Waals surface area (Å²) in [6.45, 7) is 8.55. The summed E-state index contributed by atoms with van der Waals surface area (Å²) in [6.07, 6.45) is 7.31. The van der Waals surface area contributed by atoms with Crippen molar-refractivity contribution in [1.82, 2.24) is 5.32 Å². The highest BCUT2D eigenvalue weighted by molar-refractivity contribution is 5.09. The molecule has 1 N–H and O–H groups in total. The summed E-state index contributed by atoms with van der Waals surface area (Å²) < 4.78 is 0. The van der Waals surface area contributed by atoms with Crippen LogP contribution in [0.5, 0.6) is 0 Å². The van der Waals surface area contributed by atoms with Gasteiger partial charge in [-0.15, -0.1) is 0 Å². The van der Waals surface area contributed by atoms with Gasteiger partial charge >= 0.3 is 0 Å². The van der Waals surface area contributed by atoms with Crippen LogP contribution in [0.25, 0.3) is 0 Å². The topological polar surface area (TPSA) is 12.0 Å². The number of rotatable bonds is 4. The molecule has 1 nitrogen and oxygen atoms in total. The number of hydrogen-bond acceptors (Lipinski definition) is 1. The molecule has 0 fully saturated rings. The maximum absolute atomic E-state index is 3.20. The van der Waals surface area contributed by atoms with E-state index >= 15 is 0 Å². The summed E-state index contributed by atoms with van der Waals surface area (Å²) >= 11 is 0. The number of allylic oxidation sites excluding steroid dienone is 3. The highest BCUT2D eigenvalue weighted by Gasteiger charge is 1.82. The normalized spacial score (nSPS) is 13.0. The molecule has 64 valence electrons. The van der Waals surface area contributed by atoms with Crippen molar-refractivity contribution in [2.75, 3.05) is 0 Å². The van der Waals surface area contributed by atoms with E-state index in [1.165, 1.54) is 5.57 Å². The molecule has 0 heterocycles. The zero-order valence-electron chi connectivity index (χ0n) is 8.02. The molecular formula is C10H19N. The van der Waals surface area contributed by atoms with E-state index in [2.05, 4.69) is 45.2 Å². The molecular weight excluding hydrogens is 134 g/mol. The molecule has 0 aliphatic rings. The molecule has 0 rings (SSSR count). The van der Waals surface area contributed by atoms with Crippen molar-refractivity contribution in [3.63, 3.8) is 0 Å². The van der Waals surface area contributed by atoms with Crippen LogP contribution < -0.4 is 5.32 Å². The quantitative estimate of drug-likeness (QED) is 0.612. The van der Waals surface area contributed by atoms with Gasteiger partial charge in [-0.1, -0.05) is 18.6 Å². The minimum atomic E-state index is 0.529. The molecule has 0 unspecified atom stereocenters. The smallest absolute Gasteiger partial charge is 0.0199 e. The highest BCUT2D eigenvalue weighted by Crippen LogP contribution is 1.96. The van der Waals surface area contributed by atoms with E-state index in [4.69, 9.17) is 0 Å². The second-order valence-corrected chi connectivity index (χ2v) is 3.05. The molecule has 0 atom stereocenters.